The SMILES string of the molecule is O=C1N[C@]2(CCSC2)C(=O)N1Cc1csc(-c2ccco2)n1. The summed E-state index contributed by atoms with van der Waals surface area (Å²) in [7, 11) is 0. The van der Waals surface area contributed by atoms with E-state index < -0.39 is 5.54 Å². The van der Waals surface area contributed by atoms with E-state index in [1.165, 1.54) is 16.2 Å². The van der Waals surface area contributed by atoms with Crippen molar-refractivity contribution in [3.63, 3.8) is 0 Å². The van der Waals surface area contributed by atoms with E-state index in [2.05, 4.69) is 10.3 Å². The summed E-state index contributed by atoms with van der Waals surface area (Å²) in [6.07, 6.45) is 2.29. The fourth-order valence-corrected chi connectivity index (χ4v) is 4.81. The van der Waals surface area contributed by atoms with Crippen LogP contribution in [-0.4, -0.2) is 38.9 Å². The van der Waals surface area contributed by atoms with Crippen molar-refractivity contribution in [3.8, 4) is 10.8 Å². The lowest BCUT2D eigenvalue weighted by molar-refractivity contribution is -0.130. The molecule has 4 heterocycles. The second-order valence-electron chi connectivity index (χ2n) is 5.33. The number of carbonyl (C=O) groups excluding carboxylic acids is 2. The van der Waals surface area contributed by atoms with Crippen LogP contribution in [0.4, 0.5) is 4.79 Å². The zero-order chi connectivity index (χ0) is 15.2. The molecule has 1 atom stereocenters. The third kappa shape index (κ3) is 2.14. The van der Waals surface area contributed by atoms with Crippen molar-refractivity contribution in [1.82, 2.24) is 15.2 Å². The number of nitrogens with zero attached hydrogens (tertiary/aromatic N) is 2. The predicted octanol–water partition coefficient (Wildman–Crippen LogP) is 2.33. The minimum Gasteiger partial charge on any atom is -0.462 e. The van der Waals surface area contributed by atoms with E-state index in [0.717, 1.165) is 10.8 Å². The van der Waals surface area contributed by atoms with Gasteiger partial charge in [-0.05, 0) is 24.3 Å². The van der Waals surface area contributed by atoms with Crippen molar-refractivity contribution < 1.29 is 14.0 Å². The summed E-state index contributed by atoms with van der Waals surface area (Å²) in [4.78, 5) is 30.4. The Labute approximate surface area is 134 Å². The van der Waals surface area contributed by atoms with Crippen molar-refractivity contribution in [2.75, 3.05) is 11.5 Å². The number of hydrogen-bond donors (Lipinski definition) is 1. The van der Waals surface area contributed by atoms with Crippen LogP contribution in [0.5, 0.6) is 0 Å². The molecular formula is C14H13N3O3S2. The Morgan fingerprint density at radius 3 is 3.09 bits per heavy atom. The van der Waals surface area contributed by atoms with Crippen LogP contribution in [0.2, 0.25) is 0 Å². The van der Waals surface area contributed by atoms with Crippen LogP contribution in [0, 0.1) is 0 Å². The van der Waals surface area contributed by atoms with Crippen LogP contribution in [0.25, 0.3) is 10.8 Å². The molecule has 0 aromatic carbocycles. The highest BCUT2D eigenvalue weighted by atomic mass is 32.2. The number of furan rings is 1. The average molecular weight is 335 g/mol. The maximum Gasteiger partial charge on any atom is 0.325 e. The lowest BCUT2D eigenvalue weighted by Crippen LogP contribution is -2.46. The standard InChI is InChI=1S/C14H13N3O3S2/c18-12-14(3-5-21-8-14)16-13(19)17(12)6-9-7-22-11(15-9)10-2-1-4-20-10/h1-2,4,7H,3,5-6,8H2,(H,16,19)/t14-/m0/s1. The maximum absolute atomic E-state index is 12.6. The summed E-state index contributed by atoms with van der Waals surface area (Å²) < 4.78 is 5.31. The first-order chi connectivity index (χ1) is 10.7. The third-order valence-electron chi connectivity index (χ3n) is 3.87. The van der Waals surface area contributed by atoms with E-state index in [1.54, 1.807) is 24.1 Å². The zero-order valence-electron chi connectivity index (χ0n) is 11.6. The quantitative estimate of drug-likeness (QED) is 0.871. The van der Waals surface area contributed by atoms with Gasteiger partial charge in [0.2, 0.25) is 0 Å². The van der Waals surface area contributed by atoms with Gasteiger partial charge in [-0.25, -0.2) is 9.78 Å². The summed E-state index contributed by atoms with van der Waals surface area (Å²) in [5.41, 5.74) is 0.00401. The van der Waals surface area contributed by atoms with Crippen molar-refractivity contribution in [2.24, 2.45) is 0 Å². The number of carbonyl (C=O) groups is 2. The maximum atomic E-state index is 12.6. The molecule has 2 aliphatic heterocycles. The Hall–Kier alpha value is -1.80. The number of thioether (sulfide) groups is 1. The lowest BCUT2D eigenvalue weighted by Gasteiger charge is -2.18. The third-order valence-corrected chi connectivity index (χ3v) is 5.97. The van der Waals surface area contributed by atoms with E-state index in [9.17, 15) is 9.59 Å². The van der Waals surface area contributed by atoms with Gasteiger partial charge >= 0.3 is 6.03 Å². The topological polar surface area (TPSA) is 75.4 Å². The number of imide groups is 1. The molecule has 0 saturated carbocycles. The first-order valence-electron chi connectivity index (χ1n) is 6.88. The van der Waals surface area contributed by atoms with Crippen LogP contribution in [0.1, 0.15) is 12.1 Å². The molecule has 0 radical (unpaired) electrons. The monoisotopic (exact) mass is 335 g/mol. The molecule has 0 aliphatic carbocycles. The second kappa shape index (κ2) is 5.13. The molecule has 2 aromatic rings. The highest BCUT2D eigenvalue weighted by Gasteiger charge is 2.52. The Morgan fingerprint density at radius 2 is 2.36 bits per heavy atom. The molecule has 6 nitrogen and oxygen atoms in total. The second-order valence-corrected chi connectivity index (χ2v) is 7.29. The van der Waals surface area contributed by atoms with Crippen LogP contribution in [0.15, 0.2) is 28.2 Å². The van der Waals surface area contributed by atoms with Crippen molar-refractivity contribution in [1.29, 1.82) is 0 Å². The van der Waals surface area contributed by atoms with Gasteiger partial charge in [0.25, 0.3) is 5.91 Å². The number of rotatable bonds is 3. The molecule has 3 amide bonds. The Balaban J connectivity index is 1.54. The lowest BCUT2D eigenvalue weighted by atomic mass is 9.99. The number of thiazole rings is 1. The van der Waals surface area contributed by atoms with Crippen LogP contribution in [0.3, 0.4) is 0 Å². The Morgan fingerprint density at radius 1 is 1.45 bits per heavy atom. The van der Waals surface area contributed by atoms with E-state index in [1.807, 2.05) is 11.4 Å². The molecule has 22 heavy (non-hydrogen) atoms. The first-order valence-corrected chi connectivity index (χ1v) is 8.91. The largest absolute Gasteiger partial charge is 0.462 e. The van der Waals surface area contributed by atoms with Crippen LogP contribution < -0.4 is 5.32 Å². The molecule has 4 rings (SSSR count). The van der Waals surface area contributed by atoms with E-state index in [4.69, 9.17) is 4.42 Å². The molecule has 2 aromatic heterocycles. The Kier molecular flexibility index (Phi) is 3.23. The predicted molar refractivity (Wildman–Crippen MR) is 83.6 cm³/mol. The zero-order valence-corrected chi connectivity index (χ0v) is 13.2. The summed E-state index contributed by atoms with van der Waals surface area (Å²) in [5, 5.41) is 5.46. The van der Waals surface area contributed by atoms with E-state index >= 15 is 0 Å². The van der Waals surface area contributed by atoms with Gasteiger partial charge in [0.15, 0.2) is 10.8 Å². The smallest absolute Gasteiger partial charge is 0.325 e. The number of aromatic nitrogens is 1. The number of hydrogen-bond acceptors (Lipinski definition) is 6. The molecule has 2 saturated heterocycles. The average Bonchev–Trinajstić information content (AvgIpc) is 3.25. The van der Waals surface area contributed by atoms with Gasteiger partial charge in [0, 0.05) is 11.1 Å². The van der Waals surface area contributed by atoms with Gasteiger partial charge in [-0.3, -0.25) is 9.69 Å². The molecule has 114 valence electrons. The van der Waals surface area contributed by atoms with Crippen LogP contribution >= 0.6 is 23.1 Å². The van der Waals surface area contributed by atoms with E-state index in [0.29, 0.717) is 23.6 Å². The van der Waals surface area contributed by atoms with Gasteiger partial charge in [-0.15, -0.1) is 11.3 Å². The molecule has 1 N–H and O–H groups in total. The van der Waals surface area contributed by atoms with Gasteiger partial charge in [0.1, 0.15) is 5.54 Å². The normalized spacial score (nSPS) is 24.5. The fourth-order valence-electron chi connectivity index (χ4n) is 2.71. The number of urea groups is 1. The van der Waals surface area contributed by atoms with Crippen molar-refractivity contribution >= 4 is 35.0 Å². The van der Waals surface area contributed by atoms with Crippen molar-refractivity contribution in [2.45, 2.75) is 18.5 Å². The molecule has 2 fully saturated rings. The van der Waals surface area contributed by atoms with Gasteiger partial charge in [0.05, 0.1) is 18.5 Å². The van der Waals surface area contributed by atoms with Gasteiger partial charge in [-0.1, -0.05) is 0 Å². The Bertz CT molecular complexity index is 720. The fraction of sp³-hybridized carbons (Fsp3) is 0.357. The summed E-state index contributed by atoms with van der Waals surface area (Å²) in [5.74, 6) is 2.12. The number of amides is 3. The summed E-state index contributed by atoms with van der Waals surface area (Å²) >= 11 is 3.14. The molecular weight excluding hydrogens is 322 g/mol. The van der Waals surface area contributed by atoms with Crippen LogP contribution in [-0.2, 0) is 11.3 Å². The number of nitrogens with one attached hydrogen (secondary N) is 1. The molecule has 8 heteroatoms. The minimum atomic E-state index is -0.693. The molecule has 0 unspecified atom stereocenters. The van der Waals surface area contributed by atoms with Crippen molar-refractivity contribution in [3.05, 3.63) is 29.5 Å². The molecule has 2 aliphatic rings. The first kappa shape index (κ1) is 13.8. The summed E-state index contributed by atoms with van der Waals surface area (Å²) in [6.45, 7) is 0.203. The highest BCUT2D eigenvalue weighted by molar-refractivity contribution is 7.99. The highest BCUT2D eigenvalue weighted by Crippen LogP contribution is 2.34. The minimum absolute atomic E-state index is 0.130. The van der Waals surface area contributed by atoms with Gasteiger partial charge in [-0.2, -0.15) is 11.8 Å². The summed E-state index contributed by atoms with van der Waals surface area (Å²) in [6, 6.07) is 3.32. The molecule has 0 bridgehead atoms. The van der Waals surface area contributed by atoms with E-state index in [-0.39, 0.29) is 18.5 Å². The molecule has 1 spiro atoms. The van der Waals surface area contributed by atoms with Gasteiger partial charge < -0.3 is 9.73 Å².